The minimum absolute atomic E-state index is 0. The van der Waals surface area contributed by atoms with Crippen molar-refractivity contribution in [3.05, 3.63) is 83.0 Å². The molecule has 4 heteroatoms. The van der Waals surface area contributed by atoms with Gasteiger partial charge in [0.05, 0.1) is 0 Å². The van der Waals surface area contributed by atoms with Crippen LogP contribution >= 0.6 is 0 Å². The Morgan fingerprint density at radius 2 is 1.47 bits per heavy atom. The standard InChI is InChI=1S/C15H13.C10H18Si.C5H5.2ClH.Zr/c1-10-3-5-14-12(7-10)9-13-8-11(2)4-6-15(13)14;1-2-6-9(5-1)11-10-7-3-4-8-10;1-2-4-5-3-1;;;/h3-7H,9H2,1-2H3;9-10H,1-8H2;1-3H,4H2;2*1H;/q-1;;-1;;;+2/p-2. The first-order valence-electron chi connectivity index (χ1n) is 12.5. The van der Waals surface area contributed by atoms with Crippen molar-refractivity contribution in [2.45, 2.75) is 89.1 Å². The summed E-state index contributed by atoms with van der Waals surface area (Å²) in [6.07, 6.45) is 23.7. The Hall–Kier alpha value is -0.400. The van der Waals surface area contributed by atoms with Crippen LogP contribution in [0, 0.1) is 26.0 Å². The second kappa shape index (κ2) is 15.0. The average Bonchev–Trinajstić information content (AvgIpc) is 3.61. The molecule has 2 saturated carbocycles. The zero-order valence-electron chi connectivity index (χ0n) is 20.6. The molecule has 2 fully saturated rings. The third-order valence-electron chi connectivity index (χ3n) is 7.27. The third kappa shape index (κ3) is 8.06. The monoisotopic (exact) mass is 584 g/mol. The Kier molecular flexibility index (Phi) is 13.2. The van der Waals surface area contributed by atoms with Gasteiger partial charge in [-0.2, -0.15) is 29.8 Å². The first-order chi connectivity index (χ1) is 15.6. The number of benzene rings is 2. The molecule has 2 aromatic rings. The summed E-state index contributed by atoms with van der Waals surface area (Å²) in [6, 6.07) is 14.5. The van der Waals surface area contributed by atoms with Crippen molar-refractivity contribution in [2.75, 3.05) is 0 Å². The molecule has 0 spiro atoms. The van der Waals surface area contributed by atoms with Gasteiger partial charge in [-0.15, -0.1) is 17.5 Å². The van der Waals surface area contributed by atoms with Gasteiger partial charge in [-0.3, -0.25) is 6.08 Å². The predicted molar refractivity (Wildman–Crippen MR) is 135 cm³/mol. The maximum atomic E-state index is 3.45. The molecule has 0 saturated heterocycles. The normalized spacial score (nSPS) is 17.5. The molecule has 0 nitrogen and oxygen atoms in total. The fourth-order valence-corrected chi connectivity index (χ4v) is 12.5. The quantitative estimate of drug-likeness (QED) is 0.320. The third-order valence-corrected chi connectivity index (χ3v) is 16.2. The Bertz CT molecular complexity index is 921. The number of allylic oxidation sites excluding steroid dienone is 4. The molecule has 0 aliphatic heterocycles. The van der Waals surface area contributed by atoms with Gasteiger partial charge in [0.15, 0.2) is 0 Å². The first-order valence-corrected chi connectivity index (χ1v) is 17.9. The summed E-state index contributed by atoms with van der Waals surface area (Å²) in [5.41, 5.74) is 10.8. The van der Waals surface area contributed by atoms with Gasteiger partial charge in [0.25, 0.3) is 0 Å². The Morgan fingerprint density at radius 1 is 0.853 bits per heavy atom. The summed E-state index contributed by atoms with van der Waals surface area (Å²) in [5.74, 6) is 0. The van der Waals surface area contributed by atoms with E-state index in [-0.39, 0.29) is 30.2 Å². The van der Waals surface area contributed by atoms with Crippen molar-refractivity contribution < 1.29 is 48.1 Å². The van der Waals surface area contributed by atoms with E-state index in [4.69, 9.17) is 0 Å². The number of aryl methyl sites for hydroxylation is 2. The molecule has 4 aliphatic rings. The number of fused-ring (bicyclic) bond motifs is 3. The van der Waals surface area contributed by atoms with Gasteiger partial charge in [-0.25, -0.2) is 12.2 Å². The molecule has 0 atom stereocenters. The fraction of sp³-hybridized carbons (Fsp3) is 0.467. The molecule has 180 valence electrons. The summed E-state index contributed by atoms with van der Waals surface area (Å²) in [7, 11) is 0. The van der Waals surface area contributed by atoms with Crippen LogP contribution in [0.4, 0.5) is 0 Å². The molecule has 6 rings (SSSR count). The van der Waals surface area contributed by atoms with Crippen LogP contribution in [0.15, 0.2) is 48.6 Å². The van der Waals surface area contributed by atoms with Gasteiger partial charge < -0.3 is 24.8 Å². The average molecular weight is 587 g/mol. The van der Waals surface area contributed by atoms with Crippen LogP contribution in [0.3, 0.4) is 0 Å². The van der Waals surface area contributed by atoms with Crippen LogP contribution in [0.2, 0.25) is 11.1 Å². The van der Waals surface area contributed by atoms with E-state index in [0.717, 1.165) is 12.8 Å². The Labute approximate surface area is 235 Å². The zero-order valence-corrected chi connectivity index (χ0v) is 25.6. The molecule has 0 N–H and O–H groups in total. The molecule has 4 aliphatic carbocycles. The Balaban J connectivity index is 0.000000193. The van der Waals surface area contributed by atoms with E-state index in [2.05, 4.69) is 62.4 Å². The summed E-state index contributed by atoms with van der Waals surface area (Å²) in [6.45, 7) is 4.26. The molecule has 0 amide bonds. The van der Waals surface area contributed by atoms with E-state index >= 15 is 0 Å². The van der Waals surface area contributed by atoms with Gasteiger partial charge in [0, 0.05) is 0 Å². The second-order valence-electron chi connectivity index (χ2n) is 9.79. The Morgan fingerprint density at radius 3 is 2.00 bits per heavy atom. The molecular formula is C30H36Cl2SiZr-2. The van der Waals surface area contributed by atoms with Gasteiger partial charge in [0.1, 0.15) is 0 Å². The van der Waals surface area contributed by atoms with Crippen molar-refractivity contribution in [1.29, 1.82) is 0 Å². The number of halogens is 2. The van der Waals surface area contributed by atoms with Crippen LogP contribution in [0.25, 0.3) is 11.1 Å². The molecule has 34 heavy (non-hydrogen) atoms. The van der Waals surface area contributed by atoms with Gasteiger partial charge in [0.2, 0.25) is 0 Å². The molecule has 2 aromatic carbocycles. The van der Waals surface area contributed by atoms with Crippen molar-refractivity contribution in [3.63, 3.8) is 0 Å². The SMILES string of the molecule is Cc1[c-]c2c(cc1)-c1ccc(C)cc1C2.[C-]1=CC=CC1.[Cl-].[Cl-].[Zr+2]=[Si](C1CCCC1)C1CCCC1. The van der Waals surface area contributed by atoms with Crippen molar-refractivity contribution >= 4 is 5.43 Å². The molecule has 0 aromatic heterocycles. The summed E-state index contributed by atoms with van der Waals surface area (Å²) in [4.78, 5) is 0. The van der Waals surface area contributed by atoms with E-state index in [1.165, 1.54) is 44.5 Å². The van der Waals surface area contributed by atoms with Crippen LogP contribution in [0.5, 0.6) is 0 Å². The van der Waals surface area contributed by atoms with E-state index in [0.29, 0.717) is 0 Å². The van der Waals surface area contributed by atoms with Crippen molar-refractivity contribution in [3.8, 4) is 11.1 Å². The van der Waals surface area contributed by atoms with Gasteiger partial charge in [-0.05, 0) is 18.9 Å². The van der Waals surface area contributed by atoms with E-state index in [1.54, 1.807) is 51.4 Å². The molecule has 0 heterocycles. The second-order valence-corrected chi connectivity index (χ2v) is 16.6. The summed E-state index contributed by atoms with van der Waals surface area (Å²) in [5, 5.41) is 0. The van der Waals surface area contributed by atoms with Crippen LogP contribution in [-0.4, -0.2) is 5.43 Å². The topological polar surface area (TPSA) is 0 Å². The van der Waals surface area contributed by atoms with E-state index in [1.807, 2.05) is 35.5 Å². The van der Waals surface area contributed by atoms with Crippen molar-refractivity contribution in [2.24, 2.45) is 0 Å². The number of hydrogen-bond donors (Lipinski definition) is 0. The predicted octanol–water partition coefficient (Wildman–Crippen LogP) is 2.40. The number of hydrogen-bond acceptors (Lipinski definition) is 0. The van der Waals surface area contributed by atoms with Crippen molar-refractivity contribution in [1.82, 2.24) is 0 Å². The maximum absolute atomic E-state index is 3.45. The van der Waals surface area contributed by atoms with E-state index in [9.17, 15) is 0 Å². The number of rotatable bonds is 2. The summed E-state index contributed by atoms with van der Waals surface area (Å²) >= 11 is 1.94. The fourth-order valence-electron chi connectivity index (χ4n) is 5.52. The molecular weight excluding hydrogens is 551 g/mol. The van der Waals surface area contributed by atoms with Gasteiger partial charge in [-0.1, -0.05) is 36.2 Å². The minimum atomic E-state index is 0. The van der Waals surface area contributed by atoms with Crippen LogP contribution < -0.4 is 24.8 Å². The zero-order chi connectivity index (χ0) is 22.3. The van der Waals surface area contributed by atoms with Crippen LogP contribution in [0.1, 0.15) is 80.0 Å². The molecule has 0 unspecified atom stereocenters. The van der Waals surface area contributed by atoms with Gasteiger partial charge >= 0.3 is 91.2 Å². The molecule has 0 bridgehead atoms. The van der Waals surface area contributed by atoms with Crippen LogP contribution in [-0.2, 0) is 29.8 Å². The first kappa shape index (κ1) is 29.8. The summed E-state index contributed by atoms with van der Waals surface area (Å²) < 4.78 is 0. The molecule has 0 radical (unpaired) electrons. The van der Waals surface area contributed by atoms with E-state index < -0.39 is 0 Å².